The molecule has 0 atom stereocenters. The average molecular weight is 427 g/mol. The molecule has 0 aliphatic carbocycles. The largest absolute Gasteiger partial charge is 0.0654 e. The van der Waals surface area contributed by atoms with Gasteiger partial charge in [0.2, 0.25) is 0 Å². The van der Waals surface area contributed by atoms with Gasteiger partial charge < -0.3 is 0 Å². The summed E-state index contributed by atoms with van der Waals surface area (Å²) >= 11 is 0. The van der Waals surface area contributed by atoms with Crippen molar-refractivity contribution in [3.8, 4) is 23.7 Å². The van der Waals surface area contributed by atoms with E-state index in [4.69, 9.17) is 0 Å². The van der Waals surface area contributed by atoms with Crippen LogP contribution in [0.25, 0.3) is 0 Å². The first-order valence-corrected chi connectivity index (χ1v) is 13.0. The van der Waals surface area contributed by atoms with E-state index in [1.165, 1.54) is 101 Å². The first kappa shape index (κ1) is 25.8. The van der Waals surface area contributed by atoms with Gasteiger partial charge in [-0.3, -0.25) is 0 Å². The molecule has 0 spiro atoms. The third-order valence-electron chi connectivity index (χ3n) is 6.02. The molecule has 0 saturated heterocycles. The normalized spacial score (nSPS) is 10.2. The molecule has 2 aromatic carbocycles. The van der Waals surface area contributed by atoms with Crippen molar-refractivity contribution in [1.82, 2.24) is 0 Å². The Morgan fingerprint density at radius 1 is 0.438 bits per heavy atom. The summed E-state index contributed by atoms with van der Waals surface area (Å²) in [7, 11) is 0. The fourth-order valence-corrected chi connectivity index (χ4v) is 3.94. The second-order valence-corrected chi connectivity index (χ2v) is 8.93. The molecule has 0 aliphatic heterocycles. The molecule has 2 rings (SSSR count). The van der Waals surface area contributed by atoms with Gasteiger partial charge in [-0.1, -0.05) is 114 Å². The molecular weight excluding hydrogens is 384 g/mol. The summed E-state index contributed by atoms with van der Waals surface area (Å²) in [6.45, 7) is 4.54. The lowest BCUT2D eigenvalue weighted by Gasteiger charge is -2.02. The molecule has 0 amide bonds. The monoisotopic (exact) mass is 426 g/mol. The lowest BCUT2D eigenvalue weighted by atomic mass is 10.0. The Bertz CT molecular complexity index is 771. The van der Waals surface area contributed by atoms with Gasteiger partial charge >= 0.3 is 0 Å². The molecule has 0 saturated carbocycles. The molecule has 0 radical (unpaired) electrons. The molecule has 0 fully saturated rings. The number of hydrogen-bond donors (Lipinski definition) is 0. The van der Waals surface area contributed by atoms with Crippen LogP contribution in [0, 0.1) is 23.7 Å². The van der Waals surface area contributed by atoms with E-state index >= 15 is 0 Å². The van der Waals surface area contributed by atoms with E-state index in [1.807, 2.05) is 0 Å². The van der Waals surface area contributed by atoms with Crippen LogP contribution in [0.15, 0.2) is 48.5 Å². The number of benzene rings is 2. The Labute approximate surface area is 198 Å². The minimum Gasteiger partial charge on any atom is -0.0654 e. The van der Waals surface area contributed by atoms with Gasteiger partial charge in [0.05, 0.1) is 0 Å². The zero-order chi connectivity index (χ0) is 22.7. The Balaban J connectivity index is 1.70. The Morgan fingerprint density at radius 3 is 1.16 bits per heavy atom. The van der Waals surface area contributed by atoms with Gasteiger partial charge in [0, 0.05) is 11.1 Å². The van der Waals surface area contributed by atoms with Crippen LogP contribution in [0.1, 0.15) is 113 Å². The van der Waals surface area contributed by atoms with Gasteiger partial charge in [0.25, 0.3) is 0 Å². The van der Waals surface area contributed by atoms with Gasteiger partial charge in [0.15, 0.2) is 0 Å². The number of hydrogen-bond acceptors (Lipinski definition) is 0. The van der Waals surface area contributed by atoms with E-state index in [1.54, 1.807) is 0 Å². The highest BCUT2D eigenvalue weighted by Crippen LogP contribution is 2.12. The summed E-state index contributed by atoms with van der Waals surface area (Å²) in [5.41, 5.74) is 4.91. The molecule has 0 heterocycles. The summed E-state index contributed by atoms with van der Waals surface area (Å²) in [5.74, 6) is 12.3. The smallest absolute Gasteiger partial charge is 0.0255 e. The van der Waals surface area contributed by atoms with Crippen LogP contribution < -0.4 is 0 Å². The highest BCUT2D eigenvalue weighted by Gasteiger charge is 1.96. The second kappa shape index (κ2) is 17.2. The molecule has 0 unspecified atom stereocenters. The summed E-state index contributed by atoms with van der Waals surface area (Å²) in [6, 6.07) is 17.3. The molecule has 0 bridgehead atoms. The number of unbranched alkanes of at least 4 members (excludes halogenated alkanes) is 10. The topological polar surface area (TPSA) is 0 Å². The summed E-state index contributed by atoms with van der Waals surface area (Å²) < 4.78 is 0. The average Bonchev–Trinajstić information content (AvgIpc) is 2.83. The molecule has 0 aliphatic rings. The maximum absolute atomic E-state index is 3.17. The van der Waals surface area contributed by atoms with Crippen molar-refractivity contribution in [2.24, 2.45) is 0 Å². The van der Waals surface area contributed by atoms with Crippen LogP contribution in [0.4, 0.5) is 0 Å². The maximum atomic E-state index is 3.17. The van der Waals surface area contributed by atoms with Crippen LogP contribution >= 0.6 is 0 Å². The zero-order valence-electron chi connectivity index (χ0n) is 20.5. The second-order valence-electron chi connectivity index (χ2n) is 8.93. The summed E-state index contributed by atoms with van der Waals surface area (Å²) in [5, 5.41) is 0. The lowest BCUT2D eigenvalue weighted by molar-refractivity contribution is 0.607. The van der Waals surface area contributed by atoms with E-state index in [-0.39, 0.29) is 0 Å². The SMILES string of the molecule is CCCCCCCCc1ccc(C#CC#Cc2ccc(CCCCCCCC)cc2)cc1. The maximum Gasteiger partial charge on any atom is 0.0255 e. The standard InChI is InChI=1S/C32H42/c1-3-5-7-9-11-13-17-29-21-25-31(26-22-29)19-15-16-20-32-27-23-30(24-28-32)18-14-12-10-8-6-4-2/h21-28H,3-14,17-18H2,1-2H3. The first-order chi connectivity index (χ1) is 15.8. The Hall–Kier alpha value is -2.44. The molecule has 0 N–H and O–H groups in total. The molecule has 0 aromatic heterocycles. The molecule has 32 heavy (non-hydrogen) atoms. The quantitative estimate of drug-likeness (QED) is 0.209. The summed E-state index contributed by atoms with van der Waals surface area (Å²) in [4.78, 5) is 0. The first-order valence-electron chi connectivity index (χ1n) is 13.0. The molecule has 2 aromatic rings. The predicted molar refractivity (Wildman–Crippen MR) is 141 cm³/mol. The van der Waals surface area contributed by atoms with E-state index in [2.05, 4.69) is 86.1 Å². The van der Waals surface area contributed by atoms with Crippen LogP contribution in [0.3, 0.4) is 0 Å². The van der Waals surface area contributed by atoms with Crippen molar-refractivity contribution in [1.29, 1.82) is 0 Å². The van der Waals surface area contributed by atoms with Crippen LogP contribution in [-0.2, 0) is 12.8 Å². The van der Waals surface area contributed by atoms with E-state index in [9.17, 15) is 0 Å². The van der Waals surface area contributed by atoms with Crippen LogP contribution in [-0.4, -0.2) is 0 Å². The number of rotatable bonds is 14. The van der Waals surface area contributed by atoms with Crippen molar-refractivity contribution < 1.29 is 0 Å². The van der Waals surface area contributed by atoms with Gasteiger partial charge in [-0.05, 0) is 72.9 Å². The zero-order valence-corrected chi connectivity index (χ0v) is 20.5. The molecule has 170 valence electrons. The van der Waals surface area contributed by atoms with E-state index in [0.29, 0.717) is 0 Å². The molecule has 0 heteroatoms. The van der Waals surface area contributed by atoms with Crippen molar-refractivity contribution >= 4 is 0 Å². The fraction of sp³-hybridized carbons (Fsp3) is 0.500. The van der Waals surface area contributed by atoms with Gasteiger partial charge in [-0.25, -0.2) is 0 Å². The van der Waals surface area contributed by atoms with Crippen molar-refractivity contribution in [3.63, 3.8) is 0 Å². The fourth-order valence-electron chi connectivity index (χ4n) is 3.94. The third-order valence-corrected chi connectivity index (χ3v) is 6.02. The van der Waals surface area contributed by atoms with Gasteiger partial charge in [-0.15, -0.1) is 0 Å². The van der Waals surface area contributed by atoms with Gasteiger partial charge in [-0.2, -0.15) is 0 Å². The highest BCUT2D eigenvalue weighted by atomic mass is 14.0. The Kier molecular flexibility index (Phi) is 13.8. The minimum atomic E-state index is 1.04. The van der Waals surface area contributed by atoms with E-state index in [0.717, 1.165) is 11.1 Å². The van der Waals surface area contributed by atoms with Gasteiger partial charge in [0.1, 0.15) is 0 Å². The van der Waals surface area contributed by atoms with Crippen LogP contribution in [0.2, 0.25) is 0 Å². The van der Waals surface area contributed by atoms with E-state index < -0.39 is 0 Å². The lowest BCUT2D eigenvalue weighted by Crippen LogP contribution is -1.87. The predicted octanol–water partition coefficient (Wildman–Crippen LogP) is 8.90. The summed E-state index contributed by atoms with van der Waals surface area (Å²) in [6.07, 6.45) is 18.5. The van der Waals surface area contributed by atoms with Crippen LogP contribution in [0.5, 0.6) is 0 Å². The molecular formula is C32H42. The minimum absolute atomic E-state index is 1.04. The third kappa shape index (κ3) is 11.8. The van der Waals surface area contributed by atoms with Crippen molar-refractivity contribution in [2.75, 3.05) is 0 Å². The van der Waals surface area contributed by atoms with Crippen molar-refractivity contribution in [2.45, 2.75) is 104 Å². The number of aryl methyl sites for hydroxylation is 2. The van der Waals surface area contributed by atoms with Crippen molar-refractivity contribution in [3.05, 3.63) is 70.8 Å². The highest BCUT2D eigenvalue weighted by molar-refractivity contribution is 5.45. The molecule has 0 nitrogen and oxygen atoms in total. The Morgan fingerprint density at radius 2 is 0.781 bits per heavy atom.